The standard InChI is InChI=1S/C18H14FN3O2S/c1-11(23)20-13-8-6-12(7-9-13)16-10-25-18(21-16)22-17(24)14-4-2-3-5-15(14)19/h2-10H,1H3,(H,20,23)(H,21,22,24). The summed E-state index contributed by atoms with van der Waals surface area (Å²) in [6, 6.07) is 13.0. The monoisotopic (exact) mass is 355 g/mol. The van der Waals surface area contributed by atoms with Crippen molar-refractivity contribution in [2.45, 2.75) is 6.92 Å². The first-order valence-electron chi connectivity index (χ1n) is 7.42. The van der Waals surface area contributed by atoms with Crippen molar-refractivity contribution in [3.05, 3.63) is 65.3 Å². The molecule has 0 fully saturated rings. The van der Waals surface area contributed by atoms with E-state index in [0.29, 0.717) is 16.5 Å². The number of amides is 2. The Labute approximate surface area is 147 Å². The van der Waals surface area contributed by atoms with Crippen molar-refractivity contribution in [2.75, 3.05) is 10.6 Å². The van der Waals surface area contributed by atoms with Crippen molar-refractivity contribution >= 4 is 34.0 Å². The zero-order valence-electron chi connectivity index (χ0n) is 13.2. The summed E-state index contributed by atoms with van der Waals surface area (Å²) in [4.78, 5) is 27.5. The third-order valence-corrected chi connectivity index (χ3v) is 4.10. The van der Waals surface area contributed by atoms with Gasteiger partial charge in [-0.2, -0.15) is 0 Å². The molecular weight excluding hydrogens is 341 g/mol. The topological polar surface area (TPSA) is 71.1 Å². The summed E-state index contributed by atoms with van der Waals surface area (Å²) < 4.78 is 13.6. The Morgan fingerprint density at radius 3 is 2.44 bits per heavy atom. The number of nitrogens with one attached hydrogen (secondary N) is 2. The van der Waals surface area contributed by atoms with Crippen LogP contribution in [0.5, 0.6) is 0 Å². The number of anilines is 2. The summed E-state index contributed by atoms with van der Waals surface area (Å²) in [5.74, 6) is -1.26. The van der Waals surface area contributed by atoms with Gasteiger partial charge in [-0.25, -0.2) is 9.37 Å². The average molecular weight is 355 g/mol. The van der Waals surface area contributed by atoms with Crippen molar-refractivity contribution < 1.29 is 14.0 Å². The molecule has 25 heavy (non-hydrogen) atoms. The van der Waals surface area contributed by atoms with Crippen molar-refractivity contribution in [1.29, 1.82) is 0 Å². The maximum absolute atomic E-state index is 13.6. The number of rotatable bonds is 4. The van der Waals surface area contributed by atoms with E-state index in [9.17, 15) is 14.0 Å². The zero-order valence-corrected chi connectivity index (χ0v) is 14.1. The third kappa shape index (κ3) is 4.07. The van der Waals surface area contributed by atoms with Crippen LogP contribution in [0.1, 0.15) is 17.3 Å². The molecule has 0 saturated heterocycles. The molecule has 5 nitrogen and oxygen atoms in total. The minimum absolute atomic E-state index is 0.0288. The van der Waals surface area contributed by atoms with Crippen LogP contribution in [-0.4, -0.2) is 16.8 Å². The highest BCUT2D eigenvalue weighted by atomic mass is 32.1. The van der Waals surface area contributed by atoms with Crippen LogP contribution in [0, 0.1) is 5.82 Å². The first-order valence-corrected chi connectivity index (χ1v) is 8.30. The Hall–Kier alpha value is -3.06. The molecule has 0 spiro atoms. The zero-order chi connectivity index (χ0) is 17.8. The summed E-state index contributed by atoms with van der Waals surface area (Å²) in [7, 11) is 0. The summed E-state index contributed by atoms with van der Waals surface area (Å²) in [6.07, 6.45) is 0. The number of hydrogen-bond donors (Lipinski definition) is 2. The fourth-order valence-electron chi connectivity index (χ4n) is 2.20. The minimum atomic E-state index is -0.578. The number of hydrogen-bond acceptors (Lipinski definition) is 4. The van der Waals surface area contributed by atoms with E-state index in [4.69, 9.17) is 0 Å². The number of carbonyl (C=O) groups excluding carboxylic acids is 2. The maximum Gasteiger partial charge on any atom is 0.260 e. The van der Waals surface area contributed by atoms with Crippen LogP contribution in [-0.2, 0) is 4.79 Å². The second-order valence-electron chi connectivity index (χ2n) is 5.23. The molecule has 1 heterocycles. The molecule has 2 amide bonds. The van der Waals surface area contributed by atoms with Gasteiger partial charge in [0.2, 0.25) is 5.91 Å². The second kappa shape index (κ2) is 7.23. The predicted molar refractivity (Wildman–Crippen MR) is 96.2 cm³/mol. The second-order valence-corrected chi connectivity index (χ2v) is 6.09. The lowest BCUT2D eigenvalue weighted by Gasteiger charge is -2.03. The number of nitrogens with zero attached hydrogens (tertiary/aromatic N) is 1. The van der Waals surface area contributed by atoms with Crippen LogP contribution >= 0.6 is 11.3 Å². The van der Waals surface area contributed by atoms with E-state index in [-0.39, 0.29) is 11.5 Å². The smallest absolute Gasteiger partial charge is 0.260 e. The van der Waals surface area contributed by atoms with Gasteiger partial charge in [-0.3, -0.25) is 14.9 Å². The Balaban J connectivity index is 1.73. The Kier molecular flexibility index (Phi) is 4.85. The molecule has 0 radical (unpaired) electrons. The molecule has 1 aromatic heterocycles. The van der Waals surface area contributed by atoms with Gasteiger partial charge in [-0.05, 0) is 24.3 Å². The highest BCUT2D eigenvalue weighted by molar-refractivity contribution is 7.14. The van der Waals surface area contributed by atoms with Gasteiger partial charge in [0.05, 0.1) is 11.3 Å². The highest BCUT2D eigenvalue weighted by Crippen LogP contribution is 2.26. The van der Waals surface area contributed by atoms with Gasteiger partial charge in [0.25, 0.3) is 5.91 Å². The third-order valence-electron chi connectivity index (χ3n) is 3.34. The quantitative estimate of drug-likeness (QED) is 0.738. The molecule has 0 unspecified atom stereocenters. The number of carbonyl (C=O) groups is 2. The molecule has 0 atom stereocenters. The van der Waals surface area contributed by atoms with E-state index in [1.54, 1.807) is 23.6 Å². The van der Waals surface area contributed by atoms with Gasteiger partial charge >= 0.3 is 0 Å². The Bertz CT molecular complexity index is 922. The van der Waals surface area contributed by atoms with Crippen molar-refractivity contribution in [3.63, 3.8) is 0 Å². The van der Waals surface area contributed by atoms with Gasteiger partial charge in [-0.15, -0.1) is 11.3 Å². The lowest BCUT2D eigenvalue weighted by molar-refractivity contribution is -0.114. The molecule has 2 aromatic carbocycles. The van der Waals surface area contributed by atoms with Crippen LogP contribution in [0.25, 0.3) is 11.3 Å². The fraction of sp³-hybridized carbons (Fsp3) is 0.0556. The van der Waals surface area contributed by atoms with E-state index in [1.807, 2.05) is 12.1 Å². The van der Waals surface area contributed by atoms with Crippen LogP contribution < -0.4 is 10.6 Å². The lowest BCUT2D eigenvalue weighted by Crippen LogP contribution is -2.13. The molecule has 0 aliphatic rings. The van der Waals surface area contributed by atoms with Crippen molar-refractivity contribution in [1.82, 2.24) is 4.98 Å². The molecule has 7 heteroatoms. The number of thiazole rings is 1. The number of halogens is 1. The van der Waals surface area contributed by atoms with Crippen LogP contribution in [0.2, 0.25) is 0 Å². The van der Waals surface area contributed by atoms with Gasteiger partial charge < -0.3 is 5.32 Å². The number of benzene rings is 2. The minimum Gasteiger partial charge on any atom is -0.326 e. The van der Waals surface area contributed by atoms with Crippen LogP contribution in [0.3, 0.4) is 0 Å². The first-order chi connectivity index (χ1) is 12.0. The van der Waals surface area contributed by atoms with Crippen LogP contribution in [0.15, 0.2) is 53.9 Å². The summed E-state index contributed by atoms with van der Waals surface area (Å²) in [5.41, 5.74) is 2.19. The van der Waals surface area contributed by atoms with Gasteiger partial charge in [0.15, 0.2) is 5.13 Å². The predicted octanol–water partition coefficient (Wildman–Crippen LogP) is 4.16. The Morgan fingerprint density at radius 1 is 1.04 bits per heavy atom. The van der Waals surface area contributed by atoms with Crippen molar-refractivity contribution in [2.24, 2.45) is 0 Å². The average Bonchev–Trinajstić information content (AvgIpc) is 3.04. The van der Waals surface area contributed by atoms with E-state index < -0.39 is 11.7 Å². The largest absolute Gasteiger partial charge is 0.326 e. The van der Waals surface area contributed by atoms with Gasteiger partial charge in [0, 0.05) is 23.6 Å². The summed E-state index contributed by atoms with van der Waals surface area (Å²) in [6.45, 7) is 1.44. The summed E-state index contributed by atoms with van der Waals surface area (Å²) in [5, 5.41) is 7.47. The Morgan fingerprint density at radius 2 is 1.76 bits per heavy atom. The van der Waals surface area contributed by atoms with E-state index in [2.05, 4.69) is 15.6 Å². The van der Waals surface area contributed by atoms with Crippen LogP contribution in [0.4, 0.5) is 15.2 Å². The maximum atomic E-state index is 13.6. The van der Waals surface area contributed by atoms with E-state index >= 15 is 0 Å². The molecular formula is C18H14FN3O2S. The fourth-order valence-corrected chi connectivity index (χ4v) is 2.92. The lowest BCUT2D eigenvalue weighted by atomic mass is 10.1. The van der Waals surface area contributed by atoms with E-state index in [0.717, 1.165) is 5.56 Å². The summed E-state index contributed by atoms with van der Waals surface area (Å²) >= 11 is 1.25. The molecule has 0 aliphatic carbocycles. The molecule has 0 saturated carbocycles. The molecule has 0 bridgehead atoms. The first kappa shape index (κ1) is 16.8. The molecule has 2 N–H and O–H groups in total. The molecule has 0 aliphatic heterocycles. The normalized spacial score (nSPS) is 10.3. The van der Waals surface area contributed by atoms with Gasteiger partial charge in [0.1, 0.15) is 5.82 Å². The van der Waals surface area contributed by atoms with Gasteiger partial charge in [-0.1, -0.05) is 24.3 Å². The van der Waals surface area contributed by atoms with E-state index in [1.165, 1.54) is 36.5 Å². The van der Waals surface area contributed by atoms with Crippen molar-refractivity contribution in [3.8, 4) is 11.3 Å². The SMILES string of the molecule is CC(=O)Nc1ccc(-c2csc(NC(=O)c3ccccc3F)n2)cc1. The molecule has 3 aromatic rings. The molecule has 3 rings (SSSR count). The number of aromatic nitrogens is 1. The highest BCUT2D eigenvalue weighted by Gasteiger charge is 2.13. The molecule has 126 valence electrons.